The van der Waals surface area contributed by atoms with E-state index in [4.69, 9.17) is 28.6 Å². The maximum atomic E-state index is 12.1. The lowest BCUT2D eigenvalue weighted by Crippen LogP contribution is -2.35. The van der Waals surface area contributed by atoms with E-state index in [0.29, 0.717) is 22.1 Å². The minimum absolute atomic E-state index is 0.107. The monoisotopic (exact) mass is 419 g/mol. The Morgan fingerprint density at radius 3 is 2.39 bits per heavy atom. The van der Waals surface area contributed by atoms with Crippen LogP contribution in [-0.4, -0.2) is 24.0 Å². The Morgan fingerprint density at radius 2 is 1.79 bits per heavy atom. The molecule has 8 heteroatoms. The number of amides is 2. The van der Waals surface area contributed by atoms with E-state index in [0.717, 1.165) is 5.56 Å². The standard InChI is InChI=1S/C20H22ClN3O3S/c1-12(2)19(26)23-16-9-8-15(11-17(16)27-3)22-20(28)24-18(25)10-13-4-6-14(21)7-5-13/h4-9,11-12H,10H2,1-3H3,(H,23,26)(H2,22,24,25,28). The predicted molar refractivity (Wildman–Crippen MR) is 116 cm³/mol. The third-order valence-electron chi connectivity index (χ3n) is 3.77. The first-order valence-corrected chi connectivity index (χ1v) is 9.41. The van der Waals surface area contributed by atoms with Crippen molar-refractivity contribution >= 4 is 52.1 Å². The van der Waals surface area contributed by atoms with Gasteiger partial charge in [0.2, 0.25) is 11.8 Å². The molecule has 0 aliphatic carbocycles. The zero-order chi connectivity index (χ0) is 20.7. The van der Waals surface area contributed by atoms with Crippen molar-refractivity contribution in [3.63, 3.8) is 0 Å². The van der Waals surface area contributed by atoms with Crippen molar-refractivity contribution in [2.75, 3.05) is 17.7 Å². The van der Waals surface area contributed by atoms with Gasteiger partial charge in [-0.15, -0.1) is 0 Å². The average Bonchev–Trinajstić information content (AvgIpc) is 2.64. The van der Waals surface area contributed by atoms with Gasteiger partial charge in [0, 0.05) is 22.7 Å². The van der Waals surface area contributed by atoms with Gasteiger partial charge in [0.1, 0.15) is 5.75 Å². The second kappa shape index (κ2) is 10.1. The normalized spacial score (nSPS) is 10.3. The number of hydrogen-bond donors (Lipinski definition) is 3. The van der Waals surface area contributed by atoms with Gasteiger partial charge in [-0.1, -0.05) is 37.6 Å². The van der Waals surface area contributed by atoms with Crippen LogP contribution >= 0.6 is 23.8 Å². The summed E-state index contributed by atoms with van der Waals surface area (Å²) < 4.78 is 5.32. The molecule has 0 atom stereocenters. The van der Waals surface area contributed by atoms with Crippen LogP contribution in [0.3, 0.4) is 0 Å². The molecule has 0 unspecified atom stereocenters. The number of ether oxygens (including phenoxy) is 1. The molecule has 2 amide bonds. The number of nitrogens with one attached hydrogen (secondary N) is 3. The molecule has 0 spiro atoms. The maximum absolute atomic E-state index is 12.1. The summed E-state index contributed by atoms with van der Waals surface area (Å²) in [6, 6.07) is 12.2. The smallest absolute Gasteiger partial charge is 0.230 e. The minimum atomic E-state index is -0.243. The first kappa shape index (κ1) is 21.7. The average molecular weight is 420 g/mol. The van der Waals surface area contributed by atoms with E-state index in [1.165, 1.54) is 7.11 Å². The molecule has 0 heterocycles. The van der Waals surface area contributed by atoms with Gasteiger partial charge in [-0.05, 0) is 42.0 Å². The van der Waals surface area contributed by atoms with Crippen molar-refractivity contribution in [1.29, 1.82) is 0 Å². The van der Waals surface area contributed by atoms with E-state index in [9.17, 15) is 9.59 Å². The quantitative estimate of drug-likeness (QED) is 0.617. The van der Waals surface area contributed by atoms with Gasteiger partial charge >= 0.3 is 0 Å². The summed E-state index contributed by atoms with van der Waals surface area (Å²) in [5, 5.41) is 9.14. The Labute approximate surface area is 174 Å². The highest BCUT2D eigenvalue weighted by atomic mass is 35.5. The largest absolute Gasteiger partial charge is 0.494 e. The van der Waals surface area contributed by atoms with Crippen molar-refractivity contribution < 1.29 is 14.3 Å². The van der Waals surface area contributed by atoms with Gasteiger partial charge in [-0.3, -0.25) is 9.59 Å². The van der Waals surface area contributed by atoms with E-state index in [1.807, 2.05) is 13.8 Å². The van der Waals surface area contributed by atoms with E-state index < -0.39 is 0 Å². The summed E-state index contributed by atoms with van der Waals surface area (Å²) in [7, 11) is 1.51. The first-order valence-electron chi connectivity index (χ1n) is 8.62. The van der Waals surface area contributed by atoms with Crippen molar-refractivity contribution in [3.8, 4) is 5.75 Å². The fraction of sp³-hybridized carbons (Fsp3) is 0.250. The number of thiocarbonyl (C=S) groups is 1. The van der Waals surface area contributed by atoms with Crippen LogP contribution in [0.5, 0.6) is 5.75 Å². The third kappa shape index (κ3) is 6.51. The molecule has 6 nitrogen and oxygen atoms in total. The predicted octanol–water partition coefficient (Wildman–Crippen LogP) is 4.00. The number of carbonyl (C=O) groups excluding carboxylic acids is 2. The maximum Gasteiger partial charge on any atom is 0.230 e. The van der Waals surface area contributed by atoms with E-state index >= 15 is 0 Å². The van der Waals surface area contributed by atoms with Crippen molar-refractivity contribution in [2.24, 2.45) is 5.92 Å². The molecular formula is C20H22ClN3O3S. The van der Waals surface area contributed by atoms with Gasteiger partial charge in [0.25, 0.3) is 0 Å². The zero-order valence-electron chi connectivity index (χ0n) is 15.8. The van der Waals surface area contributed by atoms with Crippen LogP contribution in [-0.2, 0) is 16.0 Å². The van der Waals surface area contributed by atoms with Gasteiger partial charge < -0.3 is 20.7 Å². The van der Waals surface area contributed by atoms with Crippen molar-refractivity contribution in [1.82, 2.24) is 5.32 Å². The number of rotatable bonds is 6. The van der Waals surface area contributed by atoms with E-state index in [2.05, 4.69) is 16.0 Å². The van der Waals surface area contributed by atoms with Gasteiger partial charge in [-0.25, -0.2) is 0 Å². The summed E-state index contributed by atoms with van der Waals surface area (Å²) in [5.41, 5.74) is 2.01. The number of methoxy groups -OCH3 is 1. The highest BCUT2D eigenvalue weighted by Gasteiger charge is 2.12. The number of benzene rings is 2. The van der Waals surface area contributed by atoms with Crippen molar-refractivity contribution in [3.05, 3.63) is 53.1 Å². The summed E-state index contributed by atoms with van der Waals surface area (Å²) in [6.45, 7) is 3.62. The molecule has 28 heavy (non-hydrogen) atoms. The zero-order valence-corrected chi connectivity index (χ0v) is 17.4. The Hall–Kier alpha value is -2.64. The van der Waals surface area contributed by atoms with Gasteiger partial charge in [0.05, 0.1) is 19.2 Å². The first-order chi connectivity index (χ1) is 13.3. The number of halogens is 1. The molecule has 0 saturated carbocycles. The molecule has 0 radical (unpaired) electrons. The summed E-state index contributed by atoms with van der Waals surface area (Å²) in [6.07, 6.45) is 0.183. The lowest BCUT2D eigenvalue weighted by Gasteiger charge is -2.15. The highest BCUT2D eigenvalue weighted by Crippen LogP contribution is 2.28. The molecule has 2 aromatic rings. The molecule has 0 aromatic heterocycles. The van der Waals surface area contributed by atoms with Crippen LogP contribution < -0.4 is 20.7 Å². The van der Waals surface area contributed by atoms with Crippen LogP contribution in [0.2, 0.25) is 5.02 Å². The molecule has 2 aromatic carbocycles. The summed E-state index contributed by atoms with van der Waals surface area (Å²) >= 11 is 11.0. The number of hydrogen-bond acceptors (Lipinski definition) is 4. The van der Waals surface area contributed by atoms with Crippen LogP contribution in [0.25, 0.3) is 0 Å². The second-order valence-electron chi connectivity index (χ2n) is 6.36. The van der Waals surface area contributed by atoms with Crippen LogP contribution in [0.4, 0.5) is 11.4 Å². The second-order valence-corrected chi connectivity index (χ2v) is 7.21. The lowest BCUT2D eigenvalue weighted by molar-refractivity contribution is -0.119. The molecular weight excluding hydrogens is 398 g/mol. The SMILES string of the molecule is COc1cc(NC(=S)NC(=O)Cc2ccc(Cl)cc2)ccc1NC(=O)C(C)C. The highest BCUT2D eigenvalue weighted by molar-refractivity contribution is 7.80. The van der Waals surface area contributed by atoms with Gasteiger partial charge in [0.15, 0.2) is 5.11 Å². The van der Waals surface area contributed by atoms with Crippen LogP contribution in [0.15, 0.2) is 42.5 Å². The Balaban J connectivity index is 1.96. The van der Waals surface area contributed by atoms with Gasteiger partial charge in [-0.2, -0.15) is 0 Å². The van der Waals surface area contributed by atoms with E-state index in [1.54, 1.807) is 42.5 Å². The fourth-order valence-electron chi connectivity index (χ4n) is 2.27. The number of carbonyl (C=O) groups is 2. The Kier molecular flexibility index (Phi) is 7.78. The number of anilines is 2. The lowest BCUT2D eigenvalue weighted by atomic mass is 10.1. The molecule has 0 fully saturated rings. The van der Waals surface area contributed by atoms with E-state index in [-0.39, 0.29) is 29.3 Å². The summed E-state index contributed by atoms with van der Waals surface area (Å²) in [5.74, 6) is -0.0168. The molecule has 0 bridgehead atoms. The third-order valence-corrected chi connectivity index (χ3v) is 4.23. The van der Waals surface area contributed by atoms with Crippen molar-refractivity contribution in [2.45, 2.75) is 20.3 Å². The Morgan fingerprint density at radius 1 is 1.11 bits per heavy atom. The summed E-state index contributed by atoms with van der Waals surface area (Å²) in [4.78, 5) is 24.0. The van der Waals surface area contributed by atoms with Crippen LogP contribution in [0, 0.1) is 5.92 Å². The minimum Gasteiger partial charge on any atom is -0.494 e. The Bertz CT molecular complexity index is 869. The van der Waals surface area contributed by atoms with Crippen LogP contribution in [0.1, 0.15) is 19.4 Å². The molecule has 148 valence electrons. The topological polar surface area (TPSA) is 79.5 Å². The fourth-order valence-corrected chi connectivity index (χ4v) is 2.63. The molecule has 3 N–H and O–H groups in total. The molecule has 0 aliphatic heterocycles. The molecule has 2 rings (SSSR count). The molecule has 0 saturated heterocycles. The molecule has 0 aliphatic rings.